The topological polar surface area (TPSA) is 67.8 Å². The van der Waals surface area contributed by atoms with Gasteiger partial charge in [0.2, 0.25) is 12.2 Å². The summed E-state index contributed by atoms with van der Waals surface area (Å²) in [6.07, 6.45) is 3.05. The molecule has 2 N–H and O–H groups in total. The minimum atomic E-state index is -0.505. The lowest BCUT2D eigenvalue weighted by Gasteiger charge is -2.29. The van der Waals surface area contributed by atoms with Crippen molar-refractivity contribution >= 4 is 11.6 Å². The molecule has 0 saturated carbocycles. The zero-order chi connectivity index (χ0) is 14.5. The summed E-state index contributed by atoms with van der Waals surface area (Å²) in [4.78, 5) is 10.9. The van der Waals surface area contributed by atoms with E-state index in [1.165, 1.54) is 6.92 Å². The van der Waals surface area contributed by atoms with Crippen LogP contribution in [0.4, 0.5) is 5.69 Å². The molecule has 2 rings (SSSR count). The highest BCUT2D eigenvalue weighted by atomic mass is 16.7. The SMILES string of the molecule is CC(=O)Nc1ccc(O[C@@H]2C=C[C@H](C)[C@@H](CO)O2)cc1. The summed E-state index contributed by atoms with van der Waals surface area (Å²) in [7, 11) is 0. The lowest BCUT2D eigenvalue weighted by molar-refractivity contribution is -0.124. The van der Waals surface area contributed by atoms with Crippen LogP contribution in [0.5, 0.6) is 5.75 Å². The molecule has 1 aromatic rings. The highest BCUT2D eigenvalue weighted by Gasteiger charge is 2.24. The van der Waals surface area contributed by atoms with Crippen molar-refractivity contribution in [3.63, 3.8) is 0 Å². The van der Waals surface area contributed by atoms with Gasteiger partial charge in [-0.25, -0.2) is 0 Å². The van der Waals surface area contributed by atoms with Gasteiger partial charge >= 0.3 is 0 Å². The Kier molecular flexibility index (Phi) is 4.76. The predicted molar refractivity (Wildman–Crippen MR) is 75.4 cm³/mol. The van der Waals surface area contributed by atoms with Gasteiger partial charge in [0, 0.05) is 18.5 Å². The summed E-state index contributed by atoms with van der Waals surface area (Å²) in [6, 6.07) is 7.04. The lowest BCUT2D eigenvalue weighted by atomic mass is 10.0. The third-order valence-electron chi connectivity index (χ3n) is 3.07. The Hall–Kier alpha value is -1.85. The number of hydrogen-bond donors (Lipinski definition) is 2. The fourth-order valence-corrected chi connectivity index (χ4v) is 1.96. The minimum absolute atomic E-state index is 0.0349. The van der Waals surface area contributed by atoms with Crippen molar-refractivity contribution in [2.24, 2.45) is 5.92 Å². The second kappa shape index (κ2) is 6.54. The molecule has 1 aromatic carbocycles. The second-order valence-electron chi connectivity index (χ2n) is 4.79. The Morgan fingerprint density at radius 1 is 1.35 bits per heavy atom. The molecule has 5 heteroatoms. The Labute approximate surface area is 118 Å². The van der Waals surface area contributed by atoms with Gasteiger partial charge < -0.3 is 19.9 Å². The lowest BCUT2D eigenvalue weighted by Crippen LogP contribution is -2.35. The Morgan fingerprint density at radius 2 is 2.05 bits per heavy atom. The van der Waals surface area contributed by atoms with E-state index in [4.69, 9.17) is 9.47 Å². The van der Waals surface area contributed by atoms with E-state index in [0.717, 1.165) is 0 Å². The van der Waals surface area contributed by atoms with E-state index in [-0.39, 0.29) is 24.5 Å². The number of nitrogens with one attached hydrogen (secondary N) is 1. The number of anilines is 1. The van der Waals surface area contributed by atoms with E-state index in [1.54, 1.807) is 24.3 Å². The molecule has 0 spiro atoms. The molecular formula is C15H19NO4. The van der Waals surface area contributed by atoms with Gasteiger partial charge in [-0.2, -0.15) is 0 Å². The molecule has 1 aliphatic rings. The van der Waals surface area contributed by atoms with Gasteiger partial charge in [-0.15, -0.1) is 0 Å². The predicted octanol–water partition coefficient (Wildman–Crippen LogP) is 1.93. The number of amides is 1. The van der Waals surface area contributed by atoms with E-state index in [0.29, 0.717) is 11.4 Å². The molecule has 0 fully saturated rings. The van der Waals surface area contributed by atoms with Crippen LogP contribution >= 0.6 is 0 Å². The van der Waals surface area contributed by atoms with Gasteiger partial charge in [0.25, 0.3) is 0 Å². The first-order chi connectivity index (χ1) is 9.58. The van der Waals surface area contributed by atoms with Crippen LogP contribution in [0.15, 0.2) is 36.4 Å². The van der Waals surface area contributed by atoms with E-state index in [2.05, 4.69) is 5.32 Å². The van der Waals surface area contributed by atoms with Crippen LogP contribution in [0.1, 0.15) is 13.8 Å². The zero-order valence-electron chi connectivity index (χ0n) is 11.6. The molecule has 0 aromatic heterocycles. The molecule has 0 bridgehead atoms. The third kappa shape index (κ3) is 3.82. The van der Waals surface area contributed by atoms with Crippen LogP contribution < -0.4 is 10.1 Å². The van der Waals surface area contributed by atoms with E-state index in [9.17, 15) is 9.90 Å². The van der Waals surface area contributed by atoms with Gasteiger partial charge in [-0.05, 0) is 30.3 Å². The maximum Gasteiger partial charge on any atom is 0.221 e. The quantitative estimate of drug-likeness (QED) is 0.825. The van der Waals surface area contributed by atoms with Crippen molar-refractivity contribution < 1.29 is 19.4 Å². The largest absolute Gasteiger partial charge is 0.461 e. The zero-order valence-corrected chi connectivity index (χ0v) is 11.6. The van der Waals surface area contributed by atoms with Crippen molar-refractivity contribution in [2.75, 3.05) is 11.9 Å². The fraction of sp³-hybridized carbons (Fsp3) is 0.400. The number of rotatable bonds is 4. The summed E-state index contributed by atoms with van der Waals surface area (Å²) in [5, 5.41) is 11.9. The third-order valence-corrected chi connectivity index (χ3v) is 3.07. The monoisotopic (exact) mass is 277 g/mol. The fourth-order valence-electron chi connectivity index (χ4n) is 1.96. The first kappa shape index (κ1) is 14.6. The van der Waals surface area contributed by atoms with Crippen molar-refractivity contribution in [3.05, 3.63) is 36.4 Å². The summed E-state index contributed by atoms with van der Waals surface area (Å²) in [5.74, 6) is 0.693. The number of ether oxygens (including phenoxy) is 2. The van der Waals surface area contributed by atoms with Crippen LogP contribution in [0.25, 0.3) is 0 Å². The molecule has 0 unspecified atom stereocenters. The molecule has 0 aliphatic carbocycles. The summed E-state index contributed by atoms with van der Waals surface area (Å²) in [5.41, 5.74) is 0.715. The summed E-state index contributed by atoms with van der Waals surface area (Å²) >= 11 is 0. The number of carbonyl (C=O) groups is 1. The average Bonchev–Trinajstić information content (AvgIpc) is 2.42. The molecule has 20 heavy (non-hydrogen) atoms. The van der Waals surface area contributed by atoms with E-state index in [1.807, 2.05) is 19.1 Å². The van der Waals surface area contributed by atoms with Crippen LogP contribution in [0.2, 0.25) is 0 Å². The highest BCUT2D eigenvalue weighted by molar-refractivity contribution is 5.88. The first-order valence-corrected chi connectivity index (χ1v) is 6.57. The van der Waals surface area contributed by atoms with Gasteiger partial charge in [0.05, 0.1) is 12.7 Å². The number of hydrogen-bond acceptors (Lipinski definition) is 4. The number of aliphatic hydroxyl groups excluding tert-OH is 1. The van der Waals surface area contributed by atoms with Gasteiger partial charge in [-0.1, -0.05) is 13.0 Å². The Balaban J connectivity index is 1.96. The van der Waals surface area contributed by atoms with Crippen LogP contribution in [0, 0.1) is 5.92 Å². The van der Waals surface area contributed by atoms with E-state index < -0.39 is 6.29 Å². The van der Waals surface area contributed by atoms with Crippen LogP contribution in [-0.2, 0) is 9.53 Å². The van der Waals surface area contributed by atoms with Gasteiger partial charge in [0.1, 0.15) is 5.75 Å². The van der Waals surface area contributed by atoms with Gasteiger partial charge in [0.15, 0.2) is 0 Å². The molecule has 0 radical (unpaired) electrons. The van der Waals surface area contributed by atoms with Gasteiger partial charge in [-0.3, -0.25) is 4.79 Å². The number of aliphatic hydroxyl groups is 1. The number of benzene rings is 1. The Bertz CT molecular complexity index is 483. The Morgan fingerprint density at radius 3 is 2.65 bits per heavy atom. The van der Waals surface area contributed by atoms with E-state index >= 15 is 0 Å². The summed E-state index contributed by atoms with van der Waals surface area (Å²) < 4.78 is 11.3. The molecule has 1 amide bonds. The van der Waals surface area contributed by atoms with Crippen LogP contribution in [-0.4, -0.2) is 30.0 Å². The minimum Gasteiger partial charge on any atom is -0.461 e. The molecule has 108 valence electrons. The highest BCUT2D eigenvalue weighted by Crippen LogP contribution is 2.22. The standard InChI is InChI=1S/C15H19NO4/c1-10-3-8-15(20-14(10)9-17)19-13-6-4-12(5-7-13)16-11(2)18/h3-8,10,14-15,17H,9H2,1-2H3,(H,16,18)/t10-,14+,15-/m0/s1. The summed E-state index contributed by atoms with van der Waals surface area (Å²) in [6.45, 7) is 3.41. The first-order valence-electron chi connectivity index (χ1n) is 6.57. The normalized spacial score (nSPS) is 25.2. The molecular weight excluding hydrogens is 258 g/mol. The second-order valence-corrected chi connectivity index (χ2v) is 4.79. The van der Waals surface area contributed by atoms with Crippen molar-refractivity contribution in [2.45, 2.75) is 26.2 Å². The molecule has 1 aliphatic heterocycles. The van der Waals surface area contributed by atoms with Crippen molar-refractivity contribution in [1.29, 1.82) is 0 Å². The molecule has 1 heterocycles. The van der Waals surface area contributed by atoms with Crippen LogP contribution in [0.3, 0.4) is 0 Å². The maximum atomic E-state index is 10.9. The molecule has 3 atom stereocenters. The smallest absolute Gasteiger partial charge is 0.221 e. The average molecular weight is 277 g/mol. The molecule has 0 saturated heterocycles. The number of carbonyl (C=O) groups excluding carboxylic acids is 1. The van der Waals surface area contributed by atoms with Crippen molar-refractivity contribution in [3.8, 4) is 5.75 Å². The van der Waals surface area contributed by atoms with Crippen molar-refractivity contribution in [1.82, 2.24) is 0 Å². The maximum absolute atomic E-state index is 10.9. The molecule has 5 nitrogen and oxygen atoms in total.